The highest BCUT2D eigenvalue weighted by atomic mass is 16.2. The molecule has 0 aliphatic heterocycles. The van der Waals surface area contributed by atoms with Crippen LogP contribution in [0.15, 0.2) is 0 Å². The lowest BCUT2D eigenvalue weighted by Crippen LogP contribution is -2.32. The van der Waals surface area contributed by atoms with E-state index in [-0.39, 0.29) is 5.92 Å². The molecule has 1 unspecified atom stereocenters. The highest BCUT2D eigenvalue weighted by Gasteiger charge is 2.14. The molecule has 0 radical (unpaired) electrons. The molecule has 1 amide bonds. The third-order valence-corrected chi connectivity index (χ3v) is 2.76. The van der Waals surface area contributed by atoms with E-state index in [4.69, 9.17) is 0 Å². The fraction of sp³-hybridized carbons (Fsp3) is 0.917. The zero-order valence-corrected chi connectivity index (χ0v) is 10.2. The highest BCUT2D eigenvalue weighted by molar-refractivity contribution is 5.78. The first-order valence-corrected chi connectivity index (χ1v) is 5.88. The summed E-state index contributed by atoms with van der Waals surface area (Å²) in [5, 5.41) is 0. The number of unbranched alkanes of at least 4 members (excludes halogenated alkanes) is 3. The highest BCUT2D eigenvalue weighted by Crippen LogP contribution is 2.07. The first kappa shape index (κ1) is 13.5. The molecule has 0 fully saturated rings. The summed E-state index contributed by atoms with van der Waals surface area (Å²) < 4.78 is 0. The quantitative estimate of drug-likeness (QED) is 0.577. The lowest BCUT2D eigenvalue weighted by molar-refractivity contribution is -0.133. The first-order valence-electron chi connectivity index (χ1n) is 5.88. The summed E-state index contributed by atoms with van der Waals surface area (Å²) in [6.07, 6.45) is 5.87. The van der Waals surface area contributed by atoms with Crippen LogP contribution in [0.2, 0.25) is 0 Å². The molecule has 0 aromatic carbocycles. The van der Waals surface area contributed by atoms with Crippen LogP contribution in [0, 0.1) is 5.92 Å². The van der Waals surface area contributed by atoms with E-state index in [1.807, 2.05) is 18.9 Å². The molecular weight excluding hydrogens is 174 g/mol. The van der Waals surface area contributed by atoms with Crippen molar-refractivity contribution in [2.45, 2.75) is 52.9 Å². The number of hydrogen-bond acceptors (Lipinski definition) is 1. The number of amides is 1. The van der Waals surface area contributed by atoms with Crippen molar-refractivity contribution in [3.63, 3.8) is 0 Å². The van der Waals surface area contributed by atoms with Gasteiger partial charge in [-0.2, -0.15) is 0 Å². The van der Waals surface area contributed by atoms with E-state index in [9.17, 15) is 4.79 Å². The Balaban J connectivity index is 3.62. The standard InChI is InChI=1S/C12H25NO/c1-5-7-8-9-10-13(4)12(14)11(3)6-2/h11H,5-10H2,1-4H3. The summed E-state index contributed by atoms with van der Waals surface area (Å²) in [4.78, 5) is 13.5. The number of carbonyl (C=O) groups is 1. The summed E-state index contributed by atoms with van der Waals surface area (Å²) in [6.45, 7) is 7.19. The Morgan fingerprint density at radius 1 is 1.21 bits per heavy atom. The molecule has 0 bridgehead atoms. The zero-order chi connectivity index (χ0) is 11.0. The number of nitrogens with zero attached hydrogens (tertiary/aromatic N) is 1. The summed E-state index contributed by atoms with van der Waals surface area (Å²) in [6, 6.07) is 0. The maximum Gasteiger partial charge on any atom is 0.225 e. The van der Waals surface area contributed by atoms with Crippen molar-refractivity contribution in [2.24, 2.45) is 5.92 Å². The summed E-state index contributed by atoms with van der Waals surface area (Å²) in [7, 11) is 1.92. The Morgan fingerprint density at radius 2 is 1.86 bits per heavy atom. The fourth-order valence-corrected chi connectivity index (χ4v) is 1.44. The molecule has 0 rings (SSSR count). The van der Waals surface area contributed by atoms with Gasteiger partial charge in [0.2, 0.25) is 5.91 Å². The molecule has 0 saturated carbocycles. The normalized spacial score (nSPS) is 12.6. The monoisotopic (exact) mass is 199 g/mol. The lowest BCUT2D eigenvalue weighted by Gasteiger charge is -2.20. The van der Waals surface area contributed by atoms with Crippen LogP contribution in [0.1, 0.15) is 52.9 Å². The van der Waals surface area contributed by atoms with Crippen molar-refractivity contribution in [3.05, 3.63) is 0 Å². The molecule has 2 nitrogen and oxygen atoms in total. The molecule has 0 aliphatic rings. The third-order valence-electron chi connectivity index (χ3n) is 2.76. The van der Waals surface area contributed by atoms with Crippen molar-refractivity contribution in [1.29, 1.82) is 0 Å². The first-order chi connectivity index (χ1) is 6.63. The molecular formula is C12H25NO. The van der Waals surface area contributed by atoms with Crippen molar-refractivity contribution < 1.29 is 4.79 Å². The van der Waals surface area contributed by atoms with Gasteiger partial charge in [-0.15, -0.1) is 0 Å². The van der Waals surface area contributed by atoms with E-state index in [2.05, 4.69) is 13.8 Å². The van der Waals surface area contributed by atoms with E-state index in [0.29, 0.717) is 5.91 Å². The SMILES string of the molecule is CCCCCCN(C)C(=O)C(C)CC. The second kappa shape index (κ2) is 7.84. The number of hydrogen-bond donors (Lipinski definition) is 0. The zero-order valence-electron chi connectivity index (χ0n) is 10.2. The third kappa shape index (κ3) is 5.25. The Labute approximate surface area is 88.7 Å². The van der Waals surface area contributed by atoms with Gasteiger partial charge in [0.15, 0.2) is 0 Å². The van der Waals surface area contributed by atoms with Gasteiger partial charge in [-0.3, -0.25) is 4.79 Å². The lowest BCUT2D eigenvalue weighted by atomic mass is 10.1. The molecule has 0 aromatic rings. The van der Waals surface area contributed by atoms with Crippen molar-refractivity contribution >= 4 is 5.91 Å². The van der Waals surface area contributed by atoms with Crippen LogP contribution in [0.4, 0.5) is 0 Å². The molecule has 84 valence electrons. The van der Waals surface area contributed by atoms with E-state index in [1.165, 1.54) is 19.3 Å². The van der Waals surface area contributed by atoms with Crippen LogP contribution in [-0.4, -0.2) is 24.4 Å². The van der Waals surface area contributed by atoms with Crippen LogP contribution >= 0.6 is 0 Å². The Bertz CT molecular complexity index is 156. The van der Waals surface area contributed by atoms with Gasteiger partial charge in [-0.25, -0.2) is 0 Å². The predicted octanol–water partition coefficient (Wildman–Crippen LogP) is 3.07. The molecule has 0 heterocycles. The molecule has 1 atom stereocenters. The van der Waals surface area contributed by atoms with Crippen LogP contribution < -0.4 is 0 Å². The largest absolute Gasteiger partial charge is 0.346 e. The Hall–Kier alpha value is -0.530. The molecule has 14 heavy (non-hydrogen) atoms. The Morgan fingerprint density at radius 3 is 2.36 bits per heavy atom. The smallest absolute Gasteiger partial charge is 0.225 e. The van der Waals surface area contributed by atoms with Gasteiger partial charge in [0.25, 0.3) is 0 Å². The van der Waals surface area contributed by atoms with Gasteiger partial charge in [0.1, 0.15) is 0 Å². The van der Waals surface area contributed by atoms with Crippen LogP contribution in [0.25, 0.3) is 0 Å². The van der Waals surface area contributed by atoms with Crippen LogP contribution in [0.3, 0.4) is 0 Å². The minimum atomic E-state index is 0.186. The molecule has 0 saturated heterocycles. The summed E-state index contributed by atoms with van der Waals surface area (Å²) in [5.74, 6) is 0.482. The second-order valence-electron chi connectivity index (χ2n) is 4.13. The maximum absolute atomic E-state index is 11.7. The average molecular weight is 199 g/mol. The fourth-order valence-electron chi connectivity index (χ4n) is 1.44. The van der Waals surface area contributed by atoms with E-state index >= 15 is 0 Å². The van der Waals surface area contributed by atoms with E-state index in [1.54, 1.807) is 0 Å². The number of rotatable bonds is 7. The van der Waals surface area contributed by atoms with Gasteiger partial charge < -0.3 is 4.90 Å². The minimum Gasteiger partial charge on any atom is -0.346 e. The predicted molar refractivity (Wildman–Crippen MR) is 61.2 cm³/mol. The summed E-state index contributed by atoms with van der Waals surface area (Å²) >= 11 is 0. The van der Waals surface area contributed by atoms with Crippen molar-refractivity contribution in [3.8, 4) is 0 Å². The molecule has 2 heteroatoms. The van der Waals surface area contributed by atoms with Gasteiger partial charge in [-0.1, -0.05) is 40.0 Å². The number of carbonyl (C=O) groups excluding carboxylic acids is 1. The van der Waals surface area contributed by atoms with Crippen LogP contribution in [0.5, 0.6) is 0 Å². The van der Waals surface area contributed by atoms with E-state index in [0.717, 1.165) is 19.4 Å². The van der Waals surface area contributed by atoms with Gasteiger partial charge >= 0.3 is 0 Å². The molecule has 0 aliphatic carbocycles. The van der Waals surface area contributed by atoms with Gasteiger partial charge in [-0.05, 0) is 12.8 Å². The minimum absolute atomic E-state index is 0.186. The summed E-state index contributed by atoms with van der Waals surface area (Å²) in [5.41, 5.74) is 0. The van der Waals surface area contributed by atoms with Crippen molar-refractivity contribution in [1.82, 2.24) is 4.90 Å². The van der Waals surface area contributed by atoms with Gasteiger partial charge in [0.05, 0.1) is 0 Å². The second-order valence-corrected chi connectivity index (χ2v) is 4.13. The average Bonchev–Trinajstić information content (AvgIpc) is 2.21. The van der Waals surface area contributed by atoms with Gasteiger partial charge in [0, 0.05) is 19.5 Å². The van der Waals surface area contributed by atoms with Crippen LogP contribution in [-0.2, 0) is 4.79 Å². The Kier molecular flexibility index (Phi) is 7.54. The topological polar surface area (TPSA) is 20.3 Å². The molecule has 0 N–H and O–H groups in total. The van der Waals surface area contributed by atoms with E-state index < -0.39 is 0 Å². The molecule has 0 spiro atoms. The molecule has 0 aromatic heterocycles. The van der Waals surface area contributed by atoms with Crippen molar-refractivity contribution in [2.75, 3.05) is 13.6 Å². The maximum atomic E-state index is 11.7.